The minimum absolute atomic E-state index is 0.0672. The summed E-state index contributed by atoms with van der Waals surface area (Å²) in [6, 6.07) is 13.9. The molecule has 1 aromatic heterocycles. The van der Waals surface area contributed by atoms with Crippen molar-refractivity contribution < 1.29 is 19.0 Å². The van der Waals surface area contributed by atoms with E-state index < -0.39 is 5.63 Å². The van der Waals surface area contributed by atoms with Crippen LogP contribution in [0.5, 0.6) is 17.2 Å². The summed E-state index contributed by atoms with van der Waals surface area (Å²) in [4.78, 5) is 13.9. The predicted octanol–water partition coefficient (Wildman–Crippen LogP) is 2.77. The second-order valence-electron chi connectivity index (χ2n) is 6.47. The molecule has 134 valence electrons. The molecule has 2 heterocycles. The molecule has 4 rings (SSSR count). The molecule has 6 nitrogen and oxygen atoms in total. The van der Waals surface area contributed by atoms with Crippen molar-refractivity contribution in [2.75, 3.05) is 20.2 Å². The average Bonchev–Trinajstić information content (AvgIpc) is 2.61. The lowest BCUT2D eigenvalue weighted by Crippen LogP contribution is -2.39. The van der Waals surface area contributed by atoms with Gasteiger partial charge in [-0.25, -0.2) is 4.79 Å². The Labute approximate surface area is 150 Å². The first kappa shape index (κ1) is 16.5. The molecule has 1 aliphatic rings. The molecule has 3 aromatic rings. The molecule has 2 aromatic carbocycles. The molecule has 1 N–H and O–H groups in total. The van der Waals surface area contributed by atoms with Crippen LogP contribution in [0, 0.1) is 0 Å². The summed E-state index contributed by atoms with van der Waals surface area (Å²) in [5.41, 5.74) is 0.792. The Morgan fingerprint density at radius 1 is 1.15 bits per heavy atom. The fourth-order valence-electron chi connectivity index (χ4n) is 3.21. The Morgan fingerprint density at radius 2 is 1.96 bits per heavy atom. The van der Waals surface area contributed by atoms with Crippen molar-refractivity contribution in [3.05, 3.63) is 64.5 Å². The number of hydrogen-bond acceptors (Lipinski definition) is 6. The molecule has 0 saturated carbocycles. The van der Waals surface area contributed by atoms with Gasteiger partial charge < -0.3 is 19.0 Å². The highest BCUT2D eigenvalue weighted by Gasteiger charge is 2.22. The normalized spacial score (nSPS) is 16.2. The zero-order valence-electron chi connectivity index (χ0n) is 14.3. The van der Waals surface area contributed by atoms with Crippen LogP contribution in [-0.4, -0.2) is 36.3 Å². The molecule has 26 heavy (non-hydrogen) atoms. The van der Waals surface area contributed by atoms with Crippen LogP contribution in [0.15, 0.2) is 57.7 Å². The third kappa shape index (κ3) is 3.36. The summed E-state index contributed by atoms with van der Waals surface area (Å²) in [5.74, 6) is 1.58. The van der Waals surface area contributed by atoms with Crippen molar-refractivity contribution in [2.45, 2.75) is 12.6 Å². The van der Waals surface area contributed by atoms with E-state index in [1.165, 1.54) is 12.1 Å². The molecule has 0 fully saturated rings. The van der Waals surface area contributed by atoms with Gasteiger partial charge in [-0.1, -0.05) is 12.1 Å². The SMILES string of the molecule is CN(Cc1cc(=O)oc2cc(O)ccc12)C[C@@H]1COc2ccccc2O1. The monoisotopic (exact) mass is 353 g/mol. The maximum Gasteiger partial charge on any atom is 0.336 e. The number of fused-ring (bicyclic) bond motifs is 2. The fourth-order valence-corrected chi connectivity index (χ4v) is 3.21. The molecule has 0 amide bonds. The van der Waals surface area contributed by atoms with Gasteiger partial charge in [0.05, 0.1) is 0 Å². The lowest BCUT2D eigenvalue weighted by molar-refractivity contribution is 0.0639. The third-order valence-corrected chi connectivity index (χ3v) is 4.34. The van der Waals surface area contributed by atoms with Crippen LogP contribution in [-0.2, 0) is 6.54 Å². The molecule has 0 unspecified atom stereocenters. The second-order valence-corrected chi connectivity index (χ2v) is 6.47. The number of ether oxygens (including phenoxy) is 2. The van der Waals surface area contributed by atoms with E-state index in [4.69, 9.17) is 13.9 Å². The third-order valence-electron chi connectivity index (χ3n) is 4.34. The Hall–Kier alpha value is -2.99. The lowest BCUT2D eigenvalue weighted by Gasteiger charge is -2.29. The number of hydrogen-bond donors (Lipinski definition) is 1. The minimum atomic E-state index is -0.433. The van der Waals surface area contributed by atoms with E-state index in [1.807, 2.05) is 31.3 Å². The fraction of sp³-hybridized carbons (Fsp3) is 0.250. The number of phenolic OH excluding ortho intramolecular Hbond substituents is 1. The highest BCUT2D eigenvalue weighted by atomic mass is 16.6. The van der Waals surface area contributed by atoms with Crippen molar-refractivity contribution in [3.8, 4) is 17.2 Å². The summed E-state index contributed by atoms with van der Waals surface area (Å²) >= 11 is 0. The summed E-state index contributed by atoms with van der Waals surface area (Å²) in [6.45, 7) is 1.68. The first-order chi connectivity index (χ1) is 12.6. The number of nitrogens with zero attached hydrogens (tertiary/aromatic N) is 1. The minimum Gasteiger partial charge on any atom is -0.508 e. The first-order valence-electron chi connectivity index (χ1n) is 8.41. The first-order valence-corrected chi connectivity index (χ1v) is 8.41. The van der Waals surface area contributed by atoms with Crippen LogP contribution < -0.4 is 15.1 Å². The summed E-state index contributed by atoms with van der Waals surface area (Å²) in [6.07, 6.45) is -0.0923. The Morgan fingerprint density at radius 3 is 2.81 bits per heavy atom. The molecule has 0 aliphatic carbocycles. The van der Waals surface area contributed by atoms with Gasteiger partial charge in [-0.2, -0.15) is 0 Å². The van der Waals surface area contributed by atoms with Gasteiger partial charge in [0.15, 0.2) is 11.5 Å². The van der Waals surface area contributed by atoms with Gasteiger partial charge in [-0.15, -0.1) is 0 Å². The number of phenols is 1. The quantitative estimate of drug-likeness (QED) is 0.727. The van der Waals surface area contributed by atoms with Crippen LogP contribution >= 0.6 is 0 Å². The van der Waals surface area contributed by atoms with Gasteiger partial charge >= 0.3 is 5.63 Å². The highest BCUT2D eigenvalue weighted by molar-refractivity contribution is 5.81. The van der Waals surface area contributed by atoms with Crippen LogP contribution in [0.1, 0.15) is 5.56 Å². The molecular formula is C20H19NO5. The zero-order chi connectivity index (χ0) is 18.1. The van der Waals surface area contributed by atoms with Crippen LogP contribution in [0.4, 0.5) is 0 Å². The van der Waals surface area contributed by atoms with Crippen molar-refractivity contribution in [1.29, 1.82) is 0 Å². The molecule has 6 heteroatoms. The van der Waals surface area contributed by atoms with Crippen molar-refractivity contribution in [3.63, 3.8) is 0 Å². The van der Waals surface area contributed by atoms with Gasteiger partial charge in [-0.05, 0) is 36.9 Å². The van der Waals surface area contributed by atoms with Crippen LogP contribution in [0.25, 0.3) is 11.0 Å². The van der Waals surface area contributed by atoms with E-state index in [-0.39, 0.29) is 11.9 Å². The standard InChI is InChI=1S/C20H19NO5/c1-21(11-15-12-24-17-4-2-3-5-18(17)25-15)10-13-8-20(23)26-19-9-14(22)6-7-16(13)19/h2-9,15,22H,10-12H2,1H3/t15-/m1/s1. The molecule has 0 bridgehead atoms. The lowest BCUT2D eigenvalue weighted by atomic mass is 10.1. The number of aromatic hydroxyl groups is 1. The Balaban J connectivity index is 1.50. The van der Waals surface area contributed by atoms with Gasteiger partial charge in [0.1, 0.15) is 24.0 Å². The zero-order valence-corrected chi connectivity index (χ0v) is 14.3. The molecule has 1 atom stereocenters. The summed E-state index contributed by atoms with van der Waals surface area (Å²) in [7, 11) is 1.96. The van der Waals surface area contributed by atoms with E-state index in [2.05, 4.69) is 4.90 Å². The average molecular weight is 353 g/mol. The smallest absolute Gasteiger partial charge is 0.336 e. The topological polar surface area (TPSA) is 72.1 Å². The maximum absolute atomic E-state index is 11.8. The van der Waals surface area contributed by atoms with Crippen LogP contribution in [0.3, 0.4) is 0 Å². The van der Waals surface area contributed by atoms with Gasteiger partial charge in [0.2, 0.25) is 0 Å². The molecule has 0 radical (unpaired) electrons. The summed E-state index contributed by atoms with van der Waals surface area (Å²) < 4.78 is 16.9. The van der Waals surface area contributed by atoms with Crippen molar-refractivity contribution >= 4 is 11.0 Å². The second kappa shape index (κ2) is 6.72. The van der Waals surface area contributed by atoms with E-state index in [9.17, 15) is 9.90 Å². The van der Waals surface area contributed by atoms with Gasteiger partial charge in [0.25, 0.3) is 0 Å². The number of likely N-dealkylation sites (N-methyl/N-ethyl adjacent to an activating group) is 1. The van der Waals surface area contributed by atoms with Gasteiger partial charge in [-0.3, -0.25) is 4.90 Å². The van der Waals surface area contributed by atoms with Crippen molar-refractivity contribution in [2.24, 2.45) is 0 Å². The van der Waals surface area contributed by atoms with E-state index >= 15 is 0 Å². The van der Waals surface area contributed by atoms with E-state index in [0.717, 1.165) is 22.4 Å². The Bertz CT molecular complexity index is 997. The predicted molar refractivity (Wildman–Crippen MR) is 96.8 cm³/mol. The van der Waals surface area contributed by atoms with Gasteiger partial charge in [0, 0.05) is 30.6 Å². The molecule has 0 spiro atoms. The summed E-state index contributed by atoms with van der Waals surface area (Å²) in [5, 5.41) is 10.4. The largest absolute Gasteiger partial charge is 0.508 e. The van der Waals surface area contributed by atoms with Crippen LogP contribution in [0.2, 0.25) is 0 Å². The molecule has 1 aliphatic heterocycles. The highest BCUT2D eigenvalue weighted by Crippen LogP contribution is 2.31. The number of para-hydroxylation sites is 2. The molecular weight excluding hydrogens is 334 g/mol. The maximum atomic E-state index is 11.8. The van der Waals surface area contributed by atoms with Crippen molar-refractivity contribution in [1.82, 2.24) is 4.90 Å². The molecule has 0 saturated heterocycles. The number of benzene rings is 2. The van der Waals surface area contributed by atoms with E-state index in [1.54, 1.807) is 12.1 Å². The number of rotatable bonds is 4. The van der Waals surface area contributed by atoms with E-state index in [0.29, 0.717) is 25.3 Å². The Kier molecular flexibility index (Phi) is 4.26.